The number of benzene rings is 2. The second-order valence-corrected chi connectivity index (χ2v) is 4.90. The summed E-state index contributed by atoms with van der Waals surface area (Å²) in [6.07, 6.45) is 0. The lowest BCUT2D eigenvalue weighted by Gasteiger charge is -2.23. The van der Waals surface area contributed by atoms with Crippen LogP contribution in [-0.2, 0) is 0 Å². The van der Waals surface area contributed by atoms with Crippen LogP contribution in [0.1, 0.15) is 16.7 Å². The highest BCUT2D eigenvalue weighted by Gasteiger charge is 2.26. The molecule has 2 aromatic rings. The molecule has 1 aliphatic carbocycles. The van der Waals surface area contributed by atoms with Gasteiger partial charge in [-0.3, -0.25) is 10.8 Å². The smallest absolute Gasteiger partial charge is 0.0874 e. The third-order valence-electron chi connectivity index (χ3n) is 3.36. The van der Waals surface area contributed by atoms with Crippen LogP contribution in [0.5, 0.6) is 0 Å². The number of fused-ring (bicyclic) bond motifs is 3. The Morgan fingerprint density at radius 3 is 2.17 bits per heavy atom. The maximum Gasteiger partial charge on any atom is 0.0874 e. The molecule has 0 aliphatic heterocycles. The van der Waals surface area contributed by atoms with Crippen molar-refractivity contribution in [2.45, 2.75) is 11.8 Å². The van der Waals surface area contributed by atoms with E-state index < -0.39 is 0 Å². The Balaban J connectivity index is 2.46. The van der Waals surface area contributed by atoms with E-state index in [1.165, 1.54) is 0 Å². The van der Waals surface area contributed by atoms with E-state index >= 15 is 0 Å². The lowest BCUT2D eigenvalue weighted by molar-refractivity contribution is 1.29. The van der Waals surface area contributed by atoms with Crippen LogP contribution in [0.25, 0.3) is 11.1 Å². The zero-order chi connectivity index (χ0) is 12.9. The minimum atomic E-state index is 0.277. The maximum atomic E-state index is 8.12. The van der Waals surface area contributed by atoms with Gasteiger partial charge in [-0.15, -0.1) is 12.6 Å². The Labute approximate surface area is 111 Å². The second kappa shape index (κ2) is 3.82. The maximum absolute atomic E-state index is 8.12. The number of nitrogens with one attached hydrogen (secondary N) is 2. The molecule has 0 atom stereocenters. The van der Waals surface area contributed by atoms with E-state index in [4.69, 9.17) is 10.8 Å². The predicted octanol–water partition coefficient (Wildman–Crippen LogP) is 3.70. The molecule has 3 rings (SSSR count). The highest BCUT2D eigenvalue weighted by Crippen LogP contribution is 2.38. The monoisotopic (exact) mass is 252 g/mol. The fraction of sp³-hybridized carbons (Fsp3) is 0.0667. The first-order chi connectivity index (χ1) is 8.61. The molecule has 2 N–H and O–H groups in total. The van der Waals surface area contributed by atoms with Gasteiger partial charge >= 0.3 is 0 Å². The van der Waals surface area contributed by atoms with E-state index in [1.807, 2.05) is 43.3 Å². The molecule has 0 amide bonds. The molecule has 0 bridgehead atoms. The molecular weight excluding hydrogens is 240 g/mol. The van der Waals surface area contributed by atoms with Crippen molar-refractivity contribution < 1.29 is 0 Å². The van der Waals surface area contributed by atoms with Gasteiger partial charge in [-0.1, -0.05) is 36.4 Å². The summed E-state index contributed by atoms with van der Waals surface area (Å²) >= 11 is 4.58. The van der Waals surface area contributed by atoms with Gasteiger partial charge < -0.3 is 0 Å². The van der Waals surface area contributed by atoms with Gasteiger partial charge in [0.1, 0.15) is 0 Å². The molecule has 0 heterocycles. The predicted molar refractivity (Wildman–Crippen MR) is 77.5 cm³/mol. The van der Waals surface area contributed by atoms with Gasteiger partial charge in [0.15, 0.2) is 0 Å². The van der Waals surface area contributed by atoms with Crippen LogP contribution in [0.2, 0.25) is 0 Å². The Hall–Kier alpha value is -1.87. The fourth-order valence-corrected chi connectivity index (χ4v) is 2.68. The van der Waals surface area contributed by atoms with Gasteiger partial charge in [0.2, 0.25) is 0 Å². The summed E-state index contributed by atoms with van der Waals surface area (Å²) in [6.45, 7) is 2.01. The van der Waals surface area contributed by atoms with Gasteiger partial charge in [-0.25, -0.2) is 0 Å². The van der Waals surface area contributed by atoms with Crippen LogP contribution >= 0.6 is 12.6 Å². The molecule has 0 radical (unpaired) electrons. The molecule has 0 spiro atoms. The summed E-state index contributed by atoms with van der Waals surface area (Å²) in [7, 11) is 0. The van der Waals surface area contributed by atoms with Crippen molar-refractivity contribution in [3.63, 3.8) is 0 Å². The lowest BCUT2D eigenvalue weighted by atomic mass is 9.82. The van der Waals surface area contributed by atoms with Gasteiger partial charge in [0, 0.05) is 21.6 Å². The summed E-state index contributed by atoms with van der Waals surface area (Å²) < 4.78 is 0. The van der Waals surface area contributed by atoms with Crippen molar-refractivity contribution in [2.24, 2.45) is 0 Å². The highest BCUT2D eigenvalue weighted by atomic mass is 32.1. The normalized spacial score (nSPS) is 13.2. The average molecular weight is 252 g/mol. The molecule has 0 fully saturated rings. The number of rotatable bonds is 0. The summed E-state index contributed by atoms with van der Waals surface area (Å²) in [4.78, 5) is 0.900. The zero-order valence-corrected chi connectivity index (χ0v) is 10.8. The molecule has 1 aliphatic rings. The Bertz CT molecular complexity index is 702. The lowest BCUT2D eigenvalue weighted by Crippen LogP contribution is -2.21. The first kappa shape index (κ1) is 11.2. The second-order valence-electron chi connectivity index (χ2n) is 4.45. The van der Waals surface area contributed by atoms with Crippen molar-refractivity contribution in [3.05, 3.63) is 53.1 Å². The zero-order valence-electron chi connectivity index (χ0n) is 9.91. The summed E-state index contributed by atoms with van der Waals surface area (Å²) in [6, 6.07) is 11.6. The summed E-state index contributed by atoms with van der Waals surface area (Å²) in [5.41, 5.74) is 5.25. The molecule has 2 aromatic carbocycles. The van der Waals surface area contributed by atoms with Crippen LogP contribution in [0, 0.1) is 17.7 Å². The molecule has 0 saturated carbocycles. The van der Waals surface area contributed by atoms with Crippen LogP contribution in [0.4, 0.5) is 0 Å². The molecule has 0 saturated heterocycles. The SMILES string of the molecule is Cc1ccc2c(c1S)-c1ccccc1C(=N)C2=N. The number of aryl methyl sites for hydroxylation is 1. The fourth-order valence-electron chi connectivity index (χ4n) is 2.36. The van der Waals surface area contributed by atoms with Crippen molar-refractivity contribution in [1.82, 2.24) is 0 Å². The van der Waals surface area contributed by atoms with Gasteiger partial charge in [0.25, 0.3) is 0 Å². The van der Waals surface area contributed by atoms with Crippen molar-refractivity contribution in [1.29, 1.82) is 10.8 Å². The molecule has 88 valence electrons. The molecule has 0 unspecified atom stereocenters. The minimum Gasteiger partial charge on any atom is -0.298 e. The first-order valence-corrected chi connectivity index (χ1v) is 6.16. The minimum absolute atomic E-state index is 0.277. The topological polar surface area (TPSA) is 47.7 Å². The average Bonchev–Trinajstić information content (AvgIpc) is 2.39. The third kappa shape index (κ3) is 1.37. The van der Waals surface area contributed by atoms with Crippen LogP contribution in [0.15, 0.2) is 41.3 Å². The molecule has 18 heavy (non-hydrogen) atoms. The van der Waals surface area contributed by atoms with Crippen molar-refractivity contribution in [2.75, 3.05) is 0 Å². The van der Waals surface area contributed by atoms with E-state index in [0.29, 0.717) is 0 Å². The van der Waals surface area contributed by atoms with Crippen LogP contribution in [-0.4, -0.2) is 11.4 Å². The van der Waals surface area contributed by atoms with Crippen molar-refractivity contribution in [3.8, 4) is 11.1 Å². The summed E-state index contributed by atoms with van der Waals surface area (Å²) in [5.74, 6) is 0. The number of hydrogen-bond donors (Lipinski definition) is 3. The van der Waals surface area contributed by atoms with Crippen molar-refractivity contribution >= 4 is 24.1 Å². The molecule has 0 aromatic heterocycles. The van der Waals surface area contributed by atoms with E-state index in [9.17, 15) is 0 Å². The Morgan fingerprint density at radius 1 is 0.833 bits per heavy atom. The highest BCUT2D eigenvalue weighted by molar-refractivity contribution is 7.80. The number of hydrogen-bond acceptors (Lipinski definition) is 3. The van der Waals surface area contributed by atoms with Crippen LogP contribution in [0.3, 0.4) is 0 Å². The molecule has 2 nitrogen and oxygen atoms in total. The third-order valence-corrected chi connectivity index (χ3v) is 3.94. The largest absolute Gasteiger partial charge is 0.298 e. The van der Waals surface area contributed by atoms with E-state index in [-0.39, 0.29) is 11.4 Å². The molecule has 3 heteroatoms. The van der Waals surface area contributed by atoms with Gasteiger partial charge in [0.05, 0.1) is 11.4 Å². The van der Waals surface area contributed by atoms with E-state index in [0.717, 1.165) is 32.7 Å². The standard InChI is InChI=1S/C15H12N2S/c1-8-6-7-11-12(15(8)18)9-4-2-3-5-10(9)13(16)14(11)17/h2-7,16-18H,1H3. The summed E-state index contributed by atoms with van der Waals surface area (Å²) in [5, 5.41) is 16.2. The van der Waals surface area contributed by atoms with Crippen LogP contribution < -0.4 is 0 Å². The Morgan fingerprint density at radius 2 is 1.44 bits per heavy atom. The quantitative estimate of drug-likeness (QED) is 0.599. The van der Waals surface area contributed by atoms with Gasteiger partial charge in [-0.05, 0) is 18.1 Å². The first-order valence-electron chi connectivity index (χ1n) is 5.71. The van der Waals surface area contributed by atoms with Gasteiger partial charge in [-0.2, -0.15) is 0 Å². The number of thiol groups is 1. The Kier molecular flexibility index (Phi) is 2.38. The van der Waals surface area contributed by atoms with E-state index in [2.05, 4.69) is 12.6 Å². The molecular formula is C15H12N2S. The van der Waals surface area contributed by atoms with E-state index in [1.54, 1.807) is 0 Å².